The monoisotopic (exact) mass is 180 g/mol. The van der Waals surface area contributed by atoms with Gasteiger partial charge in [-0.05, 0) is 40.3 Å². The van der Waals surface area contributed by atoms with Gasteiger partial charge in [0.05, 0.1) is 6.07 Å². The van der Waals surface area contributed by atoms with E-state index in [1.807, 2.05) is 0 Å². The summed E-state index contributed by atoms with van der Waals surface area (Å²) in [6.07, 6.45) is 5.64. The van der Waals surface area contributed by atoms with E-state index in [2.05, 4.69) is 50.9 Å². The maximum atomic E-state index is 8.35. The fraction of sp³-hybridized carbons (Fsp3) is 0.727. The molecule has 74 valence electrons. The van der Waals surface area contributed by atoms with E-state index in [1.54, 1.807) is 0 Å². The molecular formula is C11H20N2. The van der Waals surface area contributed by atoms with Crippen LogP contribution in [0.4, 0.5) is 0 Å². The van der Waals surface area contributed by atoms with Gasteiger partial charge in [0.2, 0.25) is 0 Å². The van der Waals surface area contributed by atoms with Crippen molar-refractivity contribution in [1.29, 1.82) is 5.26 Å². The molecule has 0 fully saturated rings. The van der Waals surface area contributed by atoms with Crippen molar-refractivity contribution in [1.82, 2.24) is 4.90 Å². The highest BCUT2D eigenvalue weighted by molar-refractivity contribution is 4.88. The minimum Gasteiger partial charge on any atom is -0.373 e. The van der Waals surface area contributed by atoms with Gasteiger partial charge in [-0.25, -0.2) is 0 Å². The summed E-state index contributed by atoms with van der Waals surface area (Å²) < 4.78 is 0. The average molecular weight is 180 g/mol. The van der Waals surface area contributed by atoms with E-state index in [0.29, 0.717) is 18.5 Å². The van der Waals surface area contributed by atoms with Gasteiger partial charge in [0.15, 0.2) is 0 Å². The first kappa shape index (κ1) is 12.0. The predicted octanol–water partition coefficient (Wildman–Crippen LogP) is 2.92. The number of nitrogens with zero attached hydrogens (tertiary/aromatic N) is 2. The molecule has 2 heteroatoms. The number of nitriles is 1. The second-order valence-corrected chi connectivity index (χ2v) is 3.72. The zero-order valence-corrected chi connectivity index (χ0v) is 9.12. The Morgan fingerprint density at radius 1 is 1.23 bits per heavy atom. The predicted molar refractivity (Wildman–Crippen MR) is 56.1 cm³/mol. The second-order valence-electron chi connectivity index (χ2n) is 3.72. The van der Waals surface area contributed by atoms with Gasteiger partial charge in [-0.3, -0.25) is 0 Å². The van der Waals surface area contributed by atoms with E-state index in [0.717, 1.165) is 6.42 Å². The van der Waals surface area contributed by atoms with Gasteiger partial charge in [-0.15, -0.1) is 0 Å². The van der Waals surface area contributed by atoms with Crippen LogP contribution in [0.5, 0.6) is 0 Å². The third kappa shape index (κ3) is 5.30. The highest BCUT2D eigenvalue weighted by Crippen LogP contribution is 2.06. The van der Waals surface area contributed by atoms with Gasteiger partial charge in [-0.2, -0.15) is 5.26 Å². The molecule has 0 unspecified atom stereocenters. The van der Waals surface area contributed by atoms with E-state index in [9.17, 15) is 0 Å². The molecule has 0 amide bonds. The maximum Gasteiger partial charge on any atom is 0.0625 e. The molecular weight excluding hydrogens is 160 g/mol. The van der Waals surface area contributed by atoms with Crippen molar-refractivity contribution in [2.45, 2.75) is 52.6 Å². The quantitative estimate of drug-likeness (QED) is 0.608. The molecule has 0 spiro atoms. The van der Waals surface area contributed by atoms with Crippen molar-refractivity contribution < 1.29 is 0 Å². The van der Waals surface area contributed by atoms with Gasteiger partial charge in [0, 0.05) is 18.5 Å². The Hall–Kier alpha value is -0.970. The molecule has 0 radical (unpaired) electrons. The molecule has 0 saturated heterocycles. The normalized spacial score (nSPS) is 11.2. The molecule has 0 bridgehead atoms. The van der Waals surface area contributed by atoms with E-state index in [4.69, 9.17) is 5.26 Å². The SMILES string of the molecule is CC(C)N(C=CCCC#N)C(C)C. The first-order chi connectivity index (χ1) is 6.09. The molecule has 0 atom stereocenters. The van der Waals surface area contributed by atoms with Crippen LogP contribution in [0.3, 0.4) is 0 Å². The first-order valence-corrected chi connectivity index (χ1v) is 4.90. The van der Waals surface area contributed by atoms with Crippen LogP contribution < -0.4 is 0 Å². The molecule has 0 aliphatic heterocycles. The lowest BCUT2D eigenvalue weighted by molar-refractivity contribution is 0.255. The first-order valence-electron chi connectivity index (χ1n) is 4.90. The van der Waals surface area contributed by atoms with Crippen molar-refractivity contribution in [3.8, 4) is 6.07 Å². The van der Waals surface area contributed by atoms with Gasteiger partial charge in [-0.1, -0.05) is 6.08 Å². The molecule has 0 saturated carbocycles. The van der Waals surface area contributed by atoms with Crippen LogP contribution in [-0.2, 0) is 0 Å². The highest BCUT2D eigenvalue weighted by Gasteiger charge is 2.06. The Morgan fingerprint density at radius 3 is 2.15 bits per heavy atom. The smallest absolute Gasteiger partial charge is 0.0625 e. The molecule has 2 nitrogen and oxygen atoms in total. The Morgan fingerprint density at radius 2 is 1.77 bits per heavy atom. The lowest BCUT2D eigenvalue weighted by atomic mass is 10.2. The van der Waals surface area contributed by atoms with Crippen molar-refractivity contribution in [2.24, 2.45) is 0 Å². The Bertz CT molecular complexity index is 179. The van der Waals surface area contributed by atoms with E-state index in [-0.39, 0.29) is 0 Å². The summed E-state index contributed by atoms with van der Waals surface area (Å²) in [5.41, 5.74) is 0. The van der Waals surface area contributed by atoms with Crippen LogP contribution in [0.1, 0.15) is 40.5 Å². The van der Waals surface area contributed by atoms with Crippen molar-refractivity contribution in [3.05, 3.63) is 12.3 Å². The van der Waals surface area contributed by atoms with Crippen LogP contribution in [0, 0.1) is 11.3 Å². The molecule has 0 rings (SSSR count). The number of rotatable bonds is 5. The zero-order chi connectivity index (χ0) is 10.3. The molecule has 13 heavy (non-hydrogen) atoms. The van der Waals surface area contributed by atoms with Crippen LogP contribution in [0.25, 0.3) is 0 Å². The Balaban J connectivity index is 3.96. The minimum absolute atomic E-state index is 0.526. The summed E-state index contributed by atoms with van der Waals surface area (Å²) in [4.78, 5) is 2.29. The van der Waals surface area contributed by atoms with Crippen LogP contribution in [0.15, 0.2) is 12.3 Å². The van der Waals surface area contributed by atoms with Gasteiger partial charge in [0.25, 0.3) is 0 Å². The number of unbranched alkanes of at least 4 members (excludes halogenated alkanes) is 1. The molecule has 0 aliphatic carbocycles. The highest BCUT2D eigenvalue weighted by atomic mass is 15.1. The van der Waals surface area contributed by atoms with Crippen LogP contribution in [0.2, 0.25) is 0 Å². The fourth-order valence-electron chi connectivity index (χ4n) is 1.28. The third-order valence-electron chi connectivity index (χ3n) is 1.89. The molecule has 0 heterocycles. The number of hydrogen-bond acceptors (Lipinski definition) is 2. The molecule has 0 aromatic heterocycles. The zero-order valence-electron chi connectivity index (χ0n) is 9.12. The van der Waals surface area contributed by atoms with Crippen LogP contribution in [-0.4, -0.2) is 17.0 Å². The Kier molecular flexibility index (Phi) is 6.05. The van der Waals surface area contributed by atoms with E-state index >= 15 is 0 Å². The largest absolute Gasteiger partial charge is 0.373 e. The van der Waals surface area contributed by atoms with E-state index in [1.165, 1.54) is 0 Å². The summed E-state index contributed by atoms with van der Waals surface area (Å²) in [6.45, 7) is 8.70. The lowest BCUT2D eigenvalue weighted by Crippen LogP contribution is -2.31. The Labute approximate surface area is 81.9 Å². The summed E-state index contributed by atoms with van der Waals surface area (Å²) in [7, 11) is 0. The molecule has 0 aliphatic rings. The van der Waals surface area contributed by atoms with Crippen LogP contribution >= 0.6 is 0 Å². The van der Waals surface area contributed by atoms with Crippen molar-refractivity contribution in [2.75, 3.05) is 0 Å². The van der Waals surface area contributed by atoms with Gasteiger partial charge in [0.1, 0.15) is 0 Å². The van der Waals surface area contributed by atoms with Crippen molar-refractivity contribution >= 4 is 0 Å². The lowest BCUT2D eigenvalue weighted by Gasteiger charge is -2.29. The summed E-state index contributed by atoms with van der Waals surface area (Å²) >= 11 is 0. The standard InChI is InChI=1S/C11H20N2/c1-10(2)13(11(3)4)9-7-5-6-8-12/h7,9-11H,5-6H2,1-4H3. The minimum atomic E-state index is 0.526. The molecule has 0 aromatic carbocycles. The number of allylic oxidation sites excluding steroid dienone is 1. The summed E-state index contributed by atoms with van der Waals surface area (Å²) in [6, 6.07) is 3.18. The second kappa shape index (κ2) is 6.54. The summed E-state index contributed by atoms with van der Waals surface area (Å²) in [5.74, 6) is 0. The topological polar surface area (TPSA) is 27.0 Å². The third-order valence-corrected chi connectivity index (χ3v) is 1.89. The fourth-order valence-corrected chi connectivity index (χ4v) is 1.28. The van der Waals surface area contributed by atoms with Gasteiger partial charge >= 0.3 is 0 Å². The molecule has 0 N–H and O–H groups in total. The van der Waals surface area contributed by atoms with E-state index < -0.39 is 0 Å². The maximum absolute atomic E-state index is 8.35. The average Bonchev–Trinajstić information content (AvgIpc) is 2.02. The van der Waals surface area contributed by atoms with Crippen molar-refractivity contribution in [3.63, 3.8) is 0 Å². The summed E-state index contributed by atoms with van der Waals surface area (Å²) in [5, 5.41) is 8.35. The number of hydrogen-bond donors (Lipinski definition) is 0. The van der Waals surface area contributed by atoms with Gasteiger partial charge < -0.3 is 4.90 Å². The molecule has 0 aromatic rings.